The van der Waals surface area contributed by atoms with Crippen LogP contribution >= 0.6 is 0 Å². The van der Waals surface area contributed by atoms with Crippen LogP contribution in [-0.4, -0.2) is 11.2 Å². The Labute approximate surface area is 199 Å². The van der Waals surface area contributed by atoms with E-state index < -0.39 is 0 Å². The Hall–Kier alpha value is -0.300. The second-order valence-corrected chi connectivity index (χ2v) is 14.9. The van der Waals surface area contributed by atoms with Gasteiger partial charge in [-0.2, -0.15) is 0 Å². The molecule has 0 aliphatic heterocycles. The van der Waals surface area contributed by atoms with Gasteiger partial charge in [0.2, 0.25) is 0 Å². The minimum Gasteiger partial charge on any atom is -0.393 e. The topological polar surface area (TPSA) is 20.2 Å². The summed E-state index contributed by atoms with van der Waals surface area (Å²) in [4.78, 5) is 0. The molecular formula is C31H52O. The molecule has 1 nitrogen and oxygen atoms in total. The van der Waals surface area contributed by atoms with E-state index in [1.54, 1.807) is 0 Å². The molecule has 5 aliphatic rings. The van der Waals surface area contributed by atoms with Crippen LogP contribution in [0.15, 0.2) is 12.2 Å². The Morgan fingerprint density at radius 2 is 1.50 bits per heavy atom. The highest BCUT2D eigenvalue weighted by molar-refractivity contribution is 5.30. The third kappa shape index (κ3) is 2.73. The molecule has 9 atom stereocenters. The van der Waals surface area contributed by atoms with E-state index in [-0.39, 0.29) is 11.5 Å². The number of rotatable bonds is 5. The highest BCUT2D eigenvalue weighted by atomic mass is 16.3. The molecule has 5 aliphatic carbocycles. The molecule has 0 radical (unpaired) electrons. The van der Waals surface area contributed by atoms with Gasteiger partial charge in [0.25, 0.3) is 0 Å². The quantitative estimate of drug-likeness (QED) is 0.425. The molecule has 0 bridgehead atoms. The van der Waals surface area contributed by atoms with Crippen LogP contribution in [0.25, 0.3) is 0 Å². The molecule has 0 amide bonds. The van der Waals surface area contributed by atoms with Gasteiger partial charge in [-0.1, -0.05) is 60.6 Å². The van der Waals surface area contributed by atoms with Gasteiger partial charge < -0.3 is 5.11 Å². The van der Waals surface area contributed by atoms with Crippen LogP contribution in [0.4, 0.5) is 0 Å². The number of allylic oxidation sites excluding steroid dienone is 1. The average Bonchev–Trinajstić information content (AvgIpc) is 3.31. The lowest BCUT2D eigenvalue weighted by Gasteiger charge is -2.63. The summed E-state index contributed by atoms with van der Waals surface area (Å²) in [5.74, 6) is 4.02. The zero-order valence-corrected chi connectivity index (χ0v) is 22.4. The normalized spacial score (nSPS) is 51.9. The monoisotopic (exact) mass is 440 g/mol. The molecule has 0 aromatic rings. The summed E-state index contributed by atoms with van der Waals surface area (Å²) in [6.45, 7) is 21.8. The van der Waals surface area contributed by atoms with E-state index >= 15 is 0 Å². The predicted octanol–water partition coefficient (Wildman–Crippen LogP) is 8.41. The lowest BCUT2D eigenvalue weighted by molar-refractivity contribution is -0.161. The number of hydrogen-bond donors (Lipinski definition) is 1. The smallest absolute Gasteiger partial charge is 0.0594 e. The highest BCUT2D eigenvalue weighted by Crippen LogP contribution is 2.89. The van der Waals surface area contributed by atoms with E-state index in [1.165, 1.54) is 69.8 Å². The van der Waals surface area contributed by atoms with Crippen LogP contribution < -0.4 is 0 Å². The van der Waals surface area contributed by atoms with Gasteiger partial charge in [0, 0.05) is 0 Å². The number of hydrogen-bond acceptors (Lipinski definition) is 1. The van der Waals surface area contributed by atoms with E-state index in [0.29, 0.717) is 27.6 Å². The number of fused-ring (bicyclic) bond motifs is 2. The molecule has 2 spiro atoms. The van der Waals surface area contributed by atoms with Gasteiger partial charge in [-0.3, -0.25) is 0 Å². The SMILES string of the molecule is C=C(CC[C@@H](C)[C@H]1CC[C@@]2(C)C3CC[C@H]4C(C)(C)[C@@H](O)CCC45CC35CCC12C)C(C)C. The maximum absolute atomic E-state index is 10.9. The maximum Gasteiger partial charge on any atom is 0.0594 e. The van der Waals surface area contributed by atoms with Gasteiger partial charge in [-0.25, -0.2) is 0 Å². The van der Waals surface area contributed by atoms with Crippen LogP contribution in [0, 0.1) is 56.7 Å². The Kier molecular flexibility index (Phi) is 5.21. The van der Waals surface area contributed by atoms with Crippen molar-refractivity contribution in [2.75, 3.05) is 0 Å². The molecule has 5 rings (SSSR count). The summed E-state index contributed by atoms with van der Waals surface area (Å²) in [5, 5.41) is 10.9. The van der Waals surface area contributed by atoms with Crippen LogP contribution in [0.3, 0.4) is 0 Å². The minimum atomic E-state index is -0.0888. The molecule has 5 saturated carbocycles. The van der Waals surface area contributed by atoms with Gasteiger partial charge in [-0.05, 0) is 127 Å². The molecule has 182 valence electrons. The Balaban J connectivity index is 1.39. The molecule has 0 heterocycles. The van der Waals surface area contributed by atoms with Crippen molar-refractivity contribution in [1.29, 1.82) is 0 Å². The van der Waals surface area contributed by atoms with E-state index in [1.807, 2.05) is 0 Å². The fourth-order valence-corrected chi connectivity index (χ4v) is 11.2. The van der Waals surface area contributed by atoms with E-state index in [9.17, 15) is 5.11 Å². The molecule has 0 aromatic carbocycles. The average molecular weight is 441 g/mol. The molecule has 4 unspecified atom stereocenters. The van der Waals surface area contributed by atoms with Crippen LogP contribution in [0.1, 0.15) is 119 Å². The molecule has 1 heteroatoms. The minimum absolute atomic E-state index is 0.0888. The predicted molar refractivity (Wildman–Crippen MR) is 135 cm³/mol. The molecule has 0 saturated heterocycles. The van der Waals surface area contributed by atoms with Crippen molar-refractivity contribution in [2.24, 2.45) is 56.7 Å². The van der Waals surface area contributed by atoms with Crippen molar-refractivity contribution in [3.63, 3.8) is 0 Å². The van der Waals surface area contributed by atoms with Gasteiger partial charge >= 0.3 is 0 Å². The first-order valence-electron chi connectivity index (χ1n) is 14.2. The third-order valence-electron chi connectivity index (χ3n) is 13.6. The molecule has 5 fully saturated rings. The Bertz CT molecular complexity index is 779. The second-order valence-electron chi connectivity index (χ2n) is 14.9. The summed E-state index contributed by atoms with van der Waals surface area (Å²) < 4.78 is 0. The van der Waals surface area contributed by atoms with E-state index in [4.69, 9.17) is 0 Å². The number of aliphatic hydroxyl groups is 1. The largest absolute Gasteiger partial charge is 0.393 e. The first-order valence-corrected chi connectivity index (χ1v) is 14.2. The maximum atomic E-state index is 10.9. The molecule has 0 aromatic heterocycles. The van der Waals surface area contributed by atoms with Crippen molar-refractivity contribution in [3.8, 4) is 0 Å². The van der Waals surface area contributed by atoms with Gasteiger partial charge in [0.15, 0.2) is 0 Å². The standard InChI is InChI=1S/C31H52O/c1-20(2)21(3)9-10-22(4)23-13-15-29(8)25-12-11-24-27(5,6)26(32)14-16-30(24)19-31(25,30)18-17-28(23,29)7/h20,22-26,32H,3,9-19H2,1-2,4-8H3/t22-,23-,24+,25?,26+,28?,29+,30?,31?/m1/s1. The van der Waals surface area contributed by atoms with Crippen molar-refractivity contribution in [2.45, 2.75) is 125 Å². The summed E-state index contributed by atoms with van der Waals surface area (Å²) in [6.07, 6.45) is 15.0. The summed E-state index contributed by atoms with van der Waals surface area (Å²) in [6, 6.07) is 0. The highest BCUT2D eigenvalue weighted by Gasteiger charge is 2.82. The molecule has 1 N–H and O–H groups in total. The summed E-state index contributed by atoms with van der Waals surface area (Å²) >= 11 is 0. The fraction of sp³-hybridized carbons (Fsp3) is 0.935. The van der Waals surface area contributed by atoms with Gasteiger partial charge in [0.05, 0.1) is 6.10 Å². The van der Waals surface area contributed by atoms with E-state index in [0.717, 1.165) is 30.1 Å². The molecular weight excluding hydrogens is 388 g/mol. The van der Waals surface area contributed by atoms with Crippen LogP contribution in [0.5, 0.6) is 0 Å². The van der Waals surface area contributed by atoms with Crippen molar-refractivity contribution < 1.29 is 5.11 Å². The lowest BCUT2D eigenvalue weighted by Crippen LogP contribution is -2.57. The Morgan fingerprint density at radius 3 is 2.19 bits per heavy atom. The van der Waals surface area contributed by atoms with Crippen LogP contribution in [-0.2, 0) is 0 Å². The van der Waals surface area contributed by atoms with Crippen molar-refractivity contribution in [1.82, 2.24) is 0 Å². The number of aliphatic hydroxyl groups excluding tert-OH is 1. The van der Waals surface area contributed by atoms with E-state index in [2.05, 4.69) is 55.0 Å². The third-order valence-corrected chi connectivity index (χ3v) is 13.6. The lowest BCUT2D eigenvalue weighted by atomic mass is 9.41. The van der Waals surface area contributed by atoms with Gasteiger partial charge in [0.1, 0.15) is 0 Å². The summed E-state index contributed by atoms with van der Waals surface area (Å²) in [5.41, 5.74) is 3.79. The first kappa shape index (κ1) is 23.4. The summed E-state index contributed by atoms with van der Waals surface area (Å²) in [7, 11) is 0. The van der Waals surface area contributed by atoms with Crippen molar-refractivity contribution >= 4 is 0 Å². The molecule has 32 heavy (non-hydrogen) atoms. The fourth-order valence-electron chi connectivity index (χ4n) is 11.2. The second kappa shape index (κ2) is 7.11. The zero-order valence-electron chi connectivity index (χ0n) is 22.4. The first-order chi connectivity index (χ1) is 14.9. The Morgan fingerprint density at radius 1 is 0.844 bits per heavy atom. The van der Waals surface area contributed by atoms with Crippen molar-refractivity contribution in [3.05, 3.63) is 12.2 Å². The van der Waals surface area contributed by atoms with Gasteiger partial charge in [-0.15, -0.1) is 0 Å². The zero-order chi connectivity index (χ0) is 23.3. The van der Waals surface area contributed by atoms with Crippen LogP contribution in [0.2, 0.25) is 0 Å².